The monoisotopic (exact) mass is 221 g/mol. The molecule has 1 N–H and O–H groups in total. The molecule has 1 atom stereocenters. The molecule has 0 saturated carbocycles. The maximum absolute atomic E-state index is 13.6. The number of rotatable bonds is 3. The van der Waals surface area contributed by atoms with Gasteiger partial charge in [0.1, 0.15) is 5.82 Å². The Morgan fingerprint density at radius 1 is 1.44 bits per heavy atom. The molecule has 2 rings (SSSR count). The summed E-state index contributed by atoms with van der Waals surface area (Å²) in [6.45, 7) is 5.05. The minimum atomic E-state index is -0.0818. The van der Waals surface area contributed by atoms with Crippen LogP contribution >= 0.6 is 0 Å². The number of benzene rings is 1. The van der Waals surface area contributed by atoms with E-state index in [4.69, 9.17) is 0 Å². The Kier molecular flexibility index (Phi) is 3.29. The quantitative estimate of drug-likeness (QED) is 0.823. The topological polar surface area (TPSA) is 12.0 Å². The number of nitrogens with one attached hydrogen (secondary N) is 1. The van der Waals surface area contributed by atoms with Gasteiger partial charge in [0.05, 0.1) is 0 Å². The second kappa shape index (κ2) is 4.54. The summed E-state index contributed by atoms with van der Waals surface area (Å²) >= 11 is 0. The predicted molar refractivity (Wildman–Crippen MR) is 65.0 cm³/mol. The molecule has 1 nitrogen and oxygen atoms in total. The molecule has 0 radical (unpaired) electrons. The molecule has 0 amide bonds. The molecule has 0 spiro atoms. The highest BCUT2D eigenvalue weighted by molar-refractivity contribution is 5.30. The molecule has 1 aliphatic rings. The lowest BCUT2D eigenvalue weighted by atomic mass is 9.84. The van der Waals surface area contributed by atoms with Crippen molar-refractivity contribution >= 4 is 0 Å². The molecular formula is C14H20FN. The predicted octanol–water partition coefficient (Wildman–Crippen LogP) is 3.51. The van der Waals surface area contributed by atoms with Crippen molar-refractivity contribution in [3.05, 3.63) is 35.1 Å². The number of halogens is 1. The number of hydrogen-bond acceptors (Lipinski definition) is 1. The van der Waals surface area contributed by atoms with Gasteiger partial charge in [-0.1, -0.05) is 25.5 Å². The molecule has 1 saturated heterocycles. The summed E-state index contributed by atoms with van der Waals surface area (Å²) in [6.07, 6.45) is 4.54. The van der Waals surface area contributed by atoms with Gasteiger partial charge in [0.25, 0.3) is 0 Å². The molecule has 0 aromatic heterocycles. The summed E-state index contributed by atoms with van der Waals surface area (Å²) in [6, 6.07) is 5.68. The lowest BCUT2D eigenvalue weighted by molar-refractivity contribution is 0.354. The Balaban J connectivity index is 2.35. The van der Waals surface area contributed by atoms with Crippen LogP contribution in [0, 0.1) is 12.7 Å². The minimum absolute atomic E-state index is 0.0310. The zero-order chi connectivity index (χ0) is 11.6. The lowest BCUT2D eigenvalue weighted by Gasteiger charge is -2.30. The highest BCUT2D eigenvalue weighted by atomic mass is 19.1. The van der Waals surface area contributed by atoms with Gasteiger partial charge in [-0.2, -0.15) is 0 Å². The molecule has 88 valence electrons. The van der Waals surface area contributed by atoms with E-state index in [2.05, 4.69) is 18.3 Å². The molecule has 2 heteroatoms. The first kappa shape index (κ1) is 11.6. The molecule has 1 heterocycles. The summed E-state index contributed by atoms with van der Waals surface area (Å²) in [4.78, 5) is 0. The van der Waals surface area contributed by atoms with Crippen LogP contribution in [0.15, 0.2) is 18.2 Å². The molecule has 1 fully saturated rings. The van der Waals surface area contributed by atoms with Crippen molar-refractivity contribution < 1.29 is 4.39 Å². The fourth-order valence-electron chi connectivity index (χ4n) is 2.73. The number of hydrogen-bond donors (Lipinski definition) is 1. The van der Waals surface area contributed by atoms with Crippen molar-refractivity contribution in [2.45, 2.75) is 45.1 Å². The van der Waals surface area contributed by atoms with Crippen LogP contribution in [0.3, 0.4) is 0 Å². The SMILES string of the molecule is CCCC1(c2ccc(C)c(F)c2)CCCN1. The summed E-state index contributed by atoms with van der Waals surface area (Å²) in [5, 5.41) is 3.57. The van der Waals surface area contributed by atoms with E-state index in [0.717, 1.165) is 36.9 Å². The van der Waals surface area contributed by atoms with E-state index >= 15 is 0 Å². The standard InChI is InChI=1S/C14H20FN/c1-3-7-14(8-4-9-16-14)12-6-5-11(2)13(15)10-12/h5-6,10,16H,3-4,7-9H2,1-2H3. The van der Waals surface area contributed by atoms with Crippen LogP contribution in [0.2, 0.25) is 0 Å². The van der Waals surface area contributed by atoms with Crippen molar-refractivity contribution in [3.8, 4) is 0 Å². The van der Waals surface area contributed by atoms with Crippen LogP contribution in [-0.4, -0.2) is 6.54 Å². The Morgan fingerprint density at radius 2 is 2.25 bits per heavy atom. The van der Waals surface area contributed by atoms with E-state index in [0.29, 0.717) is 0 Å². The highest BCUT2D eigenvalue weighted by Gasteiger charge is 2.34. The van der Waals surface area contributed by atoms with E-state index in [1.807, 2.05) is 13.0 Å². The van der Waals surface area contributed by atoms with Crippen LogP contribution in [-0.2, 0) is 5.54 Å². The van der Waals surface area contributed by atoms with Crippen LogP contribution in [0.1, 0.15) is 43.7 Å². The first-order valence-corrected chi connectivity index (χ1v) is 6.19. The maximum atomic E-state index is 13.6. The second-order valence-electron chi connectivity index (χ2n) is 4.83. The Hall–Kier alpha value is -0.890. The van der Waals surface area contributed by atoms with Gasteiger partial charge < -0.3 is 5.32 Å². The smallest absolute Gasteiger partial charge is 0.126 e. The first-order chi connectivity index (χ1) is 7.68. The molecule has 0 aliphatic carbocycles. The van der Waals surface area contributed by atoms with E-state index in [-0.39, 0.29) is 11.4 Å². The summed E-state index contributed by atoms with van der Waals surface area (Å²) in [5.74, 6) is -0.0818. The average molecular weight is 221 g/mol. The maximum Gasteiger partial charge on any atom is 0.126 e. The van der Waals surface area contributed by atoms with Crippen LogP contribution in [0.5, 0.6) is 0 Å². The summed E-state index contributed by atoms with van der Waals surface area (Å²) < 4.78 is 13.6. The highest BCUT2D eigenvalue weighted by Crippen LogP contribution is 2.35. The Labute approximate surface area is 97.1 Å². The van der Waals surface area contributed by atoms with Crippen LogP contribution in [0.25, 0.3) is 0 Å². The van der Waals surface area contributed by atoms with Crippen molar-refractivity contribution in [2.24, 2.45) is 0 Å². The van der Waals surface area contributed by atoms with Gasteiger partial charge in [-0.15, -0.1) is 0 Å². The molecule has 1 aromatic carbocycles. The molecule has 1 aliphatic heterocycles. The average Bonchev–Trinajstić information content (AvgIpc) is 2.72. The van der Waals surface area contributed by atoms with E-state index in [9.17, 15) is 4.39 Å². The zero-order valence-corrected chi connectivity index (χ0v) is 10.1. The summed E-state index contributed by atoms with van der Waals surface area (Å²) in [5.41, 5.74) is 1.88. The van der Waals surface area contributed by atoms with E-state index < -0.39 is 0 Å². The van der Waals surface area contributed by atoms with E-state index in [1.165, 1.54) is 6.42 Å². The third-order valence-corrected chi connectivity index (χ3v) is 3.64. The minimum Gasteiger partial charge on any atom is -0.307 e. The van der Waals surface area contributed by atoms with Gasteiger partial charge in [-0.05, 0) is 49.9 Å². The summed E-state index contributed by atoms with van der Waals surface area (Å²) in [7, 11) is 0. The molecule has 16 heavy (non-hydrogen) atoms. The largest absolute Gasteiger partial charge is 0.307 e. The van der Waals surface area contributed by atoms with Gasteiger partial charge in [0.2, 0.25) is 0 Å². The number of aryl methyl sites for hydroxylation is 1. The third kappa shape index (κ3) is 1.99. The normalized spacial score (nSPS) is 24.9. The van der Waals surface area contributed by atoms with E-state index in [1.54, 1.807) is 6.07 Å². The lowest BCUT2D eigenvalue weighted by Crippen LogP contribution is -2.36. The molecule has 1 unspecified atom stereocenters. The van der Waals surface area contributed by atoms with Gasteiger partial charge >= 0.3 is 0 Å². The second-order valence-corrected chi connectivity index (χ2v) is 4.83. The third-order valence-electron chi connectivity index (χ3n) is 3.64. The Morgan fingerprint density at radius 3 is 2.81 bits per heavy atom. The van der Waals surface area contributed by atoms with Crippen molar-refractivity contribution in [1.29, 1.82) is 0 Å². The van der Waals surface area contributed by atoms with Crippen molar-refractivity contribution in [1.82, 2.24) is 5.32 Å². The molecular weight excluding hydrogens is 201 g/mol. The van der Waals surface area contributed by atoms with Crippen LogP contribution in [0.4, 0.5) is 4.39 Å². The first-order valence-electron chi connectivity index (χ1n) is 6.19. The fourth-order valence-corrected chi connectivity index (χ4v) is 2.73. The van der Waals surface area contributed by atoms with Gasteiger partial charge in [-0.25, -0.2) is 4.39 Å². The molecule has 0 bridgehead atoms. The van der Waals surface area contributed by atoms with Gasteiger partial charge in [0, 0.05) is 5.54 Å². The fraction of sp³-hybridized carbons (Fsp3) is 0.571. The van der Waals surface area contributed by atoms with Crippen molar-refractivity contribution in [3.63, 3.8) is 0 Å². The van der Waals surface area contributed by atoms with Crippen LogP contribution < -0.4 is 5.32 Å². The molecule has 1 aromatic rings. The Bertz CT molecular complexity index is 367. The van der Waals surface area contributed by atoms with Crippen molar-refractivity contribution in [2.75, 3.05) is 6.54 Å². The van der Waals surface area contributed by atoms with Gasteiger partial charge in [0.15, 0.2) is 0 Å². The zero-order valence-electron chi connectivity index (χ0n) is 10.1. The van der Waals surface area contributed by atoms with Gasteiger partial charge in [-0.3, -0.25) is 0 Å².